The van der Waals surface area contributed by atoms with Crippen LogP contribution in [0.25, 0.3) is 5.52 Å². The molecule has 1 aliphatic heterocycles. The number of benzene rings is 3. The standard InChI is InChI=1S/C33H31N5O4/c34-22-33(29-17-16-27-32(35)36-23-37-38(27)29)31(41-20-26-14-8-3-9-15-26)30(40-19-25-12-6-2-7-13-25)28(42-33)21-39-18-24-10-4-1-5-11-24/h1-17,23,28,30-31H,18-21H2,(H2,35,36,37)/t28?,30-,31-,33-/m1/s1. The Morgan fingerprint density at radius 3 is 2.02 bits per heavy atom. The highest BCUT2D eigenvalue weighted by Crippen LogP contribution is 2.44. The zero-order chi connectivity index (χ0) is 28.8. The topological polar surface area (TPSA) is 117 Å². The van der Waals surface area contributed by atoms with Crippen LogP contribution in [0.4, 0.5) is 5.82 Å². The number of nitrogens with two attached hydrogens (primary N) is 1. The van der Waals surface area contributed by atoms with Gasteiger partial charge in [0.25, 0.3) is 0 Å². The number of nitrogens with zero attached hydrogens (tertiary/aromatic N) is 4. The molecule has 212 valence electrons. The maximum absolute atomic E-state index is 10.9. The molecule has 0 amide bonds. The Hall–Kier alpha value is -4.59. The summed E-state index contributed by atoms with van der Waals surface area (Å²) in [4.78, 5) is 4.10. The lowest BCUT2D eigenvalue weighted by Gasteiger charge is -2.29. The molecule has 9 heteroatoms. The van der Waals surface area contributed by atoms with Gasteiger partial charge < -0.3 is 24.7 Å². The molecule has 1 fully saturated rings. The SMILES string of the molecule is N#C[C@]1(c2ccc3c(N)ncnn23)OC(COCc2ccccc2)[C@@H](OCc2ccccc2)[C@H]1OCc1ccccc1. The first kappa shape index (κ1) is 27.6. The molecule has 2 N–H and O–H groups in total. The minimum atomic E-state index is -1.58. The number of ether oxygens (including phenoxy) is 4. The molecule has 3 heterocycles. The van der Waals surface area contributed by atoms with Crippen LogP contribution in [0.3, 0.4) is 0 Å². The molecule has 9 nitrogen and oxygen atoms in total. The summed E-state index contributed by atoms with van der Waals surface area (Å²) in [5.74, 6) is 0.295. The highest BCUT2D eigenvalue weighted by Gasteiger charge is 2.60. The van der Waals surface area contributed by atoms with Crippen molar-refractivity contribution in [2.24, 2.45) is 0 Å². The summed E-state index contributed by atoms with van der Waals surface area (Å²) in [6.07, 6.45) is -0.738. The molecule has 3 aromatic carbocycles. The molecule has 1 saturated heterocycles. The zero-order valence-corrected chi connectivity index (χ0v) is 23.0. The highest BCUT2D eigenvalue weighted by molar-refractivity contribution is 5.66. The Morgan fingerprint density at radius 2 is 1.40 bits per heavy atom. The largest absolute Gasteiger partial charge is 0.382 e. The average Bonchev–Trinajstić information content (AvgIpc) is 3.61. The molecular formula is C33H31N5O4. The van der Waals surface area contributed by atoms with Crippen molar-refractivity contribution in [3.8, 4) is 6.07 Å². The molecule has 2 aromatic heterocycles. The van der Waals surface area contributed by atoms with Crippen LogP contribution in [0.15, 0.2) is 109 Å². The molecular weight excluding hydrogens is 530 g/mol. The monoisotopic (exact) mass is 561 g/mol. The van der Waals surface area contributed by atoms with Crippen molar-refractivity contribution in [1.82, 2.24) is 14.6 Å². The molecule has 0 radical (unpaired) electrons. The van der Waals surface area contributed by atoms with Gasteiger partial charge in [-0.1, -0.05) is 91.0 Å². The number of fused-ring (bicyclic) bond motifs is 1. The van der Waals surface area contributed by atoms with Gasteiger partial charge in [-0.05, 0) is 28.8 Å². The molecule has 6 rings (SSSR count). The van der Waals surface area contributed by atoms with Gasteiger partial charge in [-0.15, -0.1) is 0 Å². The fourth-order valence-electron chi connectivity index (χ4n) is 5.32. The molecule has 0 saturated carbocycles. The second-order valence-corrected chi connectivity index (χ2v) is 10.1. The normalized spacial score (nSPS) is 21.8. The summed E-state index contributed by atoms with van der Waals surface area (Å²) >= 11 is 0. The second-order valence-electron chi connectivity index (χ2n) is 10.1. The summed E-state index contributed by atoms with van der Waals surface area (Å²) in [6, 6.07) is 35.6. The fourth-order valence-corrected chi connectivity index (χ4v) is 5.32. The maximum Gasteiger partial charge on any atom is 0.225 e. The second kappa shape index (κ2) is 12.5. The quantitative estimate of drug-likeness (QED) is 0.244. The molecule has 0 aliphatic carbocycles. The van der Waals surface area contributed by atoms with Gasteiger partial charge in [0.15, 0.2) is 5.82 Å². The third kappa shape index (κ3) is 5.62. The first-order chi connectivity index (χ1) is 20.7. The summed E-state index contributed by atoms with van der Waals surface area (Å²) < 4.78 is 27.5. The van der Waals surface area contributed by atoms with Gasteiger partial charge in [0.1, 0.15) is 36.2 Å². The van der Waals surface area contributed by atoms with Crippen LogP contribution < -0.4 is 5.73 Å². The lowest BCUT2D eigenvalue weighted by Crippen LogP contribution is -2.44. The fraction of sp³-hybridized carbons (Fsp3) is 0.242. The first-order valence-electron chi connectivity index (χ1n) is 13.8. The maximum atomic E-state index is 10.9. The zero-order valence-electron chi connectivity index (χ0n) is 23.0. The minimum Gasteiger partial charge on any atom is -0.382 e. The van der Waals surface area contributed by atoms with Gasteiger partial charge in [-0.2, -0.15) is 10.4 Å². The third-order valence-electron chi connectivity index (χ3n) is 7.38. The lowest BCUT2D eigenvalue weighted by molar-refractivity contribution is -0.0971. The van der Waals surface area contributed by atoms with Crippen molar-refractivity contribution in [2.45, 2.75) is 43.7 Å². The Kier molecular flexibility index (Phi) is 8.21. The van der Waals surface area contributed by atoms with E-state index in [1.165, 1.54) is 6.33 Å². The molecule has 0 spiro atoms. The van der Waals surface area contributed by atoms with Crippen LogP contribution in [0.1, 0.15) is 22.4 Å². The summed E-state index contributed by atoms with van der Waals surface area (Å²) in [5, 5.41) is 15.3. The molecule has 5 aromatic rings. The van der Waals surface area contributed by atoms with Crippen molar-refractivity contribution in [2.75, 3.05) is 12.3 Å². The summed E-state index contributed by atoms with van der Waals surface area (Å²) in [6.45, 7) is 1.13. The number of hydrogen-bond acceptors (Lipinski definition) is 8. The van der Waals surface area contributed by atoms with Crippen molar-refractivity contribution in [3.05, 3.63) is 132 Å². The average molecular weight is 562 g/mol. The van der Waals surface area contributed by atoms with E-state index in [9.17, 15) is 5.26 Å². The van der Waals surface area contributed by atoms with Crippen LogP contribution in [-0.4, -0.2) is 39.5 Å². The van der Waals surface area contributed by atoms with E-state index in [2.05, 4.69) is 16.2 Å². The van der Waals surface area contributed by atoms with Crippen LogP contribution in [-0.2, 0) is 44.4 Å². The Morgan fingerprint density at radius 1 is 0.810 bits per heavy atom. The summed E-state index contributed by atoms with van der Waals surface area (Å²) in [7, 11) is 0. The highest BCUT2D eigenvalue weighted by atomic mass is 16.6. The van der Waals surface area contributed by atoms with Crippen molar-refractivity contribution < 1.29 is 18.9 Å². The van der Waals surface area contributed by atoms with Crippen LogP contribution in [0, 0.1) is 11.3 Å². The number of anilines is 1. The first-order valence-corrected chi connectivity index (χ1v) is 13.8. The molecule has 1 unspecified atom stereocenters. The number of nitriles is 1. The smallest absolute Gasteiger partial charge is 0.225 e. The van der Waals surface area contributed by atoms with Gasteiger partial charge in [-0.3, -0.25) is 0 Å². The van der Waals surface area contributed by atoms with E-state index < -0.39 is 23.9 Å². The van der Waals surface area contributed by atoms with E-state index in [-0.39, 0.29) is 13.2 Å². The predicted octanol–water partition coefficient (Wildman–Crippen LogP) is 4.82. The Labute approximate surface area is 244 Å². The van der Waals surface area contributed by atoms with Gasteiger partial charge in [0, 0.05) is 0 Å². The summed E-state index contributed by atoms with van der Waals surface area (Å²) in [5.41, 5.74) is 8.59. The predicted molar refractivity (Wildman–Crippen MR) is 156 cm³/mol. The van der Waals surface area contributed by atoms with Crippen molar-refractivity contribution >= 4 is 11.3 Å². The van der Waals surface area contributed by atoms with Gasteiger partial charge in [-0.25, -0.2) is 9.50 Å². The van der Waals surface area contributed by atoms with E-state index in [0.29, 0.717) is 30.2 Å². The van der Waals surface area contributed by atoms with E-state index in [4.69, 9.17) is 24.7 Å². The third-order valence-corrected chi connectivity index (χ3v) is 7.38. The Bertz CT molecular complexity index is 1640. The van der Waals surface area contributed by atoms with Gasteiger partial charge in [0.2, 0.25) is 5.60 Å². The number of nitrogen functional groups attached to an aromatic ring is 1. The minimum absolute atomic E-state index is 0.184. The Balaban J connectivity index is 1.37. The van der Waals surface area contributed by atoms with Gasteiger partial charge in [0.05, 0.1) is 32.1 Å². The number of aromatic nitrogens is 3. The van der Waals surface area contributed by atoms with Crippen LogP contribution in [0.2, 0.25) is 0 Å². The molecule has 4 atom stereocenters. The van der Waals surface area contributed by atoms with Crippen LogP contribution >= 0.6 is 0 Å². The number of rotatable bonds is 11. The number of hydrogen-bond donors (Lipinski definition) is 1. The van der Waals surface area contributed by atoms with Gasteiger partial charge >= 0.3 is 0 Å². The van der Waals surface area contributed by atoms with E-state index in [0.717, 1.165) is 16.7 Å². The molecule has 42 heavy (non-hydrogen) atoms. The molecule has 0 bridgehead atoms. The van der Waals surface area contributed by atoms with E-state index in [1.54, 1.807) is 16.6 Å². The lowest BCUT2D eigenvalue weighted by atomic mass is 9.92. The van der Waals surface area contributed by atoms with E-state index >= 15 is 0 Å². The van der Waals surface area contributed by atoms with Crippen molar-refractivity contribution in [1.29, 1.82) is 5.26 Å². The van der Waals surface area contributed by atoms with Crippen LogP contribution in [0.5, 0.6) is 0 Å². The van der Waals surface area contributed by atoms with E-state index in [1.807, 2.05) is 91.0 Å². The molecule has 1 aliphatic rings. The van der Waals surface area contributed by atoms with Crippen molar-refractivity contribution in [3.63, 3.8) is 0 Å².